The van der Waals surface area contributed by atoms with Crippen molar-refractivity contribution in [3.63, 3.8) is 0 Å². The Labute approximate surface area is 243 Å². The summed E-state index contributed by atoms with van der Waals surface area (Å²) in [5, 5.41) is 2.72. The van der Waals surface area contributed by atoms with E-state index in [4.69, 9.17) is 16.3 Å². The number of hydrogen-bond acceptors (Lipinski definition) is 6. The van der Waals surface area contributed by atoms with E-state index in [1.54, 1.807) is 26.2 Å². The summed E-state index contributed by atoms with van der Waals surface area (Å²) in [7, 11) is 0. The van der Waals surface area contributed by atoms with Crippen LogP contribution < -0.4 is 15.1 Å². The summed E-state index contributed by atoms with van der Waals surface area (Å²) in [5.74, 6) is 0.315. The van der Waals surface area contributed by atoms with Crippen molar-refractivity contribution in [3.8, 4) is 0 Å². The minimum atomic E-state index is -4.55. The lowest BCUT2D eigenvalue weighted by atomic mass is 9.87. The summed E-state index contributed by atoms with van der Waals surface area (Å²) >= 11 is 6.11. The number of nitrogens with one attached hydrogen (secondary N) is 1. The smallest absolute Gasteiger partial charge is 0.416 e. The third-order valence-corrected chi connectivity index (χ3v) is 7.71. The summed E-state index contributed by atoms with van der Waals surface area (Å²) in [6, 6.07) is 2.77. The highest BCUT2D eigenvalue weighted by Gasteiger charge is 2.41. The lowest BCUT2D eigenvalue weighted by molar-refractivity contribution is -0.137. The van der Waals surface area contributed by atoms with Gasteiger partial charge >= 0.3 is 18.3 Å². The van der Waals surface area contributed by atoms with Crippen LogP contribution in [0.15, 0.2) is 30.6 Å². The molecule has 4 rings (SSSR count). The maximum Gasteiger partial charge on any atom is 0.416 e. The van der Waals surface area contributed by atoms with Gasteiger partial charge in [0.05, 0.1) is 29.7 Å². The first-order valence-corrected chi connectivity index (χ1v) is 14.3. The molecule has 0 aliphatic carbocycles. The number of anilines is 2. The topological polar surface area (TPSA) is 90.9 Å². The van der Waals surface area contributed by atoms with Crippen LogP contribution in [0.4, 0.5) is 34.4 Å². The first-order valence-electron chi connectivity index (χ1n) is 13.9. The van der Waals surface area contributed by atoms with E-state index in [2.05, 4.69) is 15.3 Å². The van der Waals surface area contributed by atoms with Crippen molar-refractivity contribution < 1.29 is 27.5 Å². The van der Waals surface area contributed by atoms with E-state index in [-0.39, 0.29) is 47.9 Å². The van der Waals surface area contributed by atoms with Gasteiger partial charge in [0, 0.05) is 42.8 Å². The van der Waals surface area contributed by atoms with E-state index < -0.39 is 11.7 Å². The van der Waals surface area contributed by atoms with Gasteiger partial charge in [-0.25, -0.2) is 19.6 Å². The number of nitrogens with zero attached hydrogens (tertiary/aromatic N) is 5. The van der Waals surface area contributed by atoms with E-state index in [1.165, 1.54) is 11.0 Å². The van der Waals surface area contributed by atoms with Crippen molar-refractivity contribution in [1.29, 1.82) is 0 Å². The molecule has 2 saturated heterocycles. The largest absolute Gasteiger partial charge is 0.447 e. The number of aromatic nitrogens is 2. The van der Waals surface area contributed by atoms with E-state index >= 15 is 0 Å². The molecule has 1 aromatic heterocycles. The number of carbonyl (C=O) groups is 2. The van der Waals surface area contributed by atoms with Gasteiger partial charge in [-0.3, -0.25) is 4.90 Å². The normalized spacial score (nSPS) is 21.3. The number of amides is 3. The molecular weight excluding hydrogens is 561 g/mol. The summed E-state index contributed by atoms with van der Waals surface area (Å²) in [5.41, 5.74) is 0.0504. The van der Waals surface area contributed by atoms with Gasteiger partial charge in [-0.05, 0) is 63.3 Å². The fourth-order valence-corrected chi connectivity index (χ4v) is 5.83. The first-order chi connectivity index (χ1) is 19.4. The number of piperidine rings is 1. The molecule has 1 aromatic carbocycles. The number of hydrogen-bond donors (Lipinski definition) is 1. The molecule has 224 valence electrons. The minimum Gasteiger partial charge on any atom is -0.447 e. The number of ether oxygens (including phenoxy) is 1. The fraction of sp³-hybridized carbons (Fsp3) is 0.571. The molecule has 13 heteroatoms. The number of carbonyl (C=O) groups excluding carboxylic acids is 2. The lowest BCUT2D eigenvalue weighted by Crippen LogP contribution is -2.57. The molecular formula is C28H36ClF3N6O3. The van der Waals surface area contributed by atoms with Gasteiger partial charge in [-0.1, -0.05) is 25.4 Å². The van der Waals surface area contributed by atoms with Gasteiger partial charge < -0.3 is 19.9 Å². The Morgan fingerprint density at radius 3 is 2.29 bits per heavy atom. The zero-order valence-corrected chi connectivity index (χ0v) is 24.4. The zero-order valence-electron chi connectivity index (χ0n) is 23.6. The number of rotatable bonds is 8. The van der Waals surface area contributed by atoms with Crippen LogP contribution >= 0.6 is 11.6 Å². The predicted octanol–water partition coefficient (Wildman–Crippen LogP) is 6.25. The number of halogens is 4. The first kappa shape index (κ1) is 30.7. The summed E-state index contributed by atoms with van der Waals surface area (Å²) < 4.78 is 46.4. The molecule has 3 heterocycles. The standard InChI is InChI=1S/C28H36ClF3N6O3/c1-5-21-12-23(13-22(6-2)38(21)27(40)41-17(3)4)37(16-18-9-19(28(30,31)32)11-20(29)10-18)25-34-14-24(15-35-25)36-8-7-33-26(36)39/h9-11,14-15,17,21-23H,5-8,12-13,16H2,1-4H3,(H,33,39)/t21-,22+,23+. The number of benzene rings is 1. The molecule has 41 heavy (non-hydrogen) atoms. The second-order valence-corrected chi connectivity index (χ2v) is 11.1. The van der Waals surface area contributed by atoms with Crippen LogP contribution in [0.2, 0.25) is 5.02 Å². The van der Waals surface area contributed by atoms with Crippen LogP contribution in [-0.2, 0) is 17.5 Å². The maximum absolute atomic E-state index is 13.6. The van der Waals surface area contributed by atoms with E-state index in [0.29, 0.717) is 56.0 Å². The summed E-state index contributed by atoms with van der Waals surface area (Å²) in [4.78, 5) is 39.5. The Hall–Kier alpha value is -3.28. The Morgan fingerprint density at radius 1 is 1.15 bits per heavy atom. The maximum atomic E-state index is 13.6. The summed E-state index contributed by atoms with van der Waals surface area (Å²) in [6.07, 6.45) is 0.354. The quantitative estimate of drug-likeness (QED) is 0.387. The van der Waals surface area contributed by atoms with Crippen LogP contribution in [0.25, 0.3) is 0 Å². The molecule has 0 saturated carbocycles. The molecule has 2 aromatic rings. The van der Waals surface area contributed by atoms with Gasteiger partial charge in [-0.2, -0.15) is 13.2 Å². The Morgan fingerprint density at radius 2 is 1.78 bits per heavy atom. The van der Waals surface area contributed by atoms with Gasteiger partial charge in [0.25, 0.3) is 0 Å². The van der Waals surface area contributed by atoms with Gasteiger partial charge in [0.15, 0.2) is 0 Å². The molecule has 3 amide bonds. The highest BCUT2D eigenvalue weighted by atomic mass is 35.5. The number of alkyl halides is 3. The van der Waals surface area contributed by atoms with Crippen molar-refractivity contribution in [1.82, 2.24) is 20.2 Å². The fourth-order valence-electron chi connectivity index (χ4n) is 5.58. The van der Waals surface area contributed by atoms with Crippen LogP contribution in [-0.4, -0.2) is 64.3 Å². The van der Waals surface area contributed by atoms with Crippen molar-refractivity contribution >= 4 is 35.4 Å². The molecule has 3 atom stereocenters. The predicted molar refractivity (Wildman–Crippen MR) is 150 cm³/mol. The van der Waals surface area contributed by atoms with E-state index in [0.717, 1.165) is 12.1 Å². The average molecular weight is 597 g/mol. The molecule has 0 radical (unpaired) electrons. The Bertz CT molecular complexity index is 1220. The van der Waals surface area contributed by atoms with Crippen LogP contribution in [0.5, 0.6) is 0 Å². The average Bonchev–Trinajstić information content (AvgIpc) is 3.35. The van der Waals surface area contributed by atoms with Gasteiger partial charge in [0.1, 0.15) is 0 Å². The number of urea groups is 1. The van der Waals surface area contributed by atoms with Crippen LogP contribution in [0.1, 0.15) is 64.5 Å². The zero-order chi connectivity index (χ0) is 29.9. The second kappa shape index (κ2) is 12.7. The molecule has 0 bridgehead atoms. The van der Waals surface area contributed by atoms with Crippen LogP contribution in [0, 0.1) is 0 Å². The number of likely N-dealkylation sites (tertiary alicyclic amines) is 1. The molecule has 2 aliphatic rings. The highest BCUT2D eigenvalue weighted by Crippen LogP contribution is 2.36. The molecule has 1 N–H and O–H groups in total. The van der Waals surface area contributed by atoms with E-state index in [9.17, 15) is 22.8 Å². The third kappa shape index (κ3) is 7.14. The molecule has 0 spiro atoms. The van der Waals surface area contributed by atoms with Crippen molar-refractivity contribution in [2.75, 3.05) is 22.9 Å². The molecule has 9 nitrogen and oxygen atoms in total. The molecule has 2 fully saturated rings. The van der Waals surface area contributed by atoms with Crippen molar-refractivity contribution in [2.45, 2.75) is 90.3 Å². The monoisotopic (exact) mass is 596 g/mol. The molecule has 2 aliphatic heterocycles. The van der Waals surface area contributed by atoms with Gasteiger partial charge in [0.2, 0.25) is 5.95 Å². The summed E-state index contributed by atoms with van der Waals surface area (Å²) in [6.45, 7) is 8.67. The lowest BCUT2D eigenvalue weighted by Gasteiger charge is -2.47. The highest BCUT2D eigenvalue weighted by molar-refractivity contribution is 6.30. The van der Waals surface area contributed by atoms with Crippen LogP contribution in [0.3, 0.4) is 0 Å². The SMILES string of the molecule is CC[C@@H]1C[C@H](N(Cc2cc(Cl)cc(C(F)(F)F)c2)c2ncc(N3CCNC3=O)cn2)C[C@H](CC)N1C(=O)OC(C)C. The third-order valence-electron chi connectivity index (χ3n) is 7.49. The second-order valence-electron chi connectivity index (χ2n) is 10.7. The molecule has 0 unspecified atom stereocenters. The van der Waals surface area contributed by atoms with Crippen molar-refractivity contribution in [2.24, 2.45) is 0 Å². The van der Waals surface area contributed by atoms with Gasteiger partial charge in [-0.15, -0.1) is 0 Å². The van der Waals surface area contributed by atoms with E-state index in [1.807, 2.05) is 23.6 Å². The van der Waals surface area contributed by atoms with Crippen molar-refractivity contribution in [3.05, 3.63) is 46.7 Å². The Kier molecular flexibility index (Phi) is 9.51. The Balaban J connectivity index is 1.70. The minimum absolute atomic E-state index is 0.0183.